The zero-order chi connectivity index (χ0) is 18.3. The smallest absolute Gasteiger partial charge is 0.335 e. The molecule has 1 saturated heterocycles. The van der Waals surface area contributed by atoms with Crippen LogP contribution in [0, 0.1) is 0 Å². The first-order chi connectivity index (χ1) is 11.3. The molecule has 136 valence electrons. The summed E-state index contributed by atoms with van der Waals surface area (Å²) in [6.07, 6.45) is -2.50. The third-order valence-electron chi connectivity index (χ3n) is 3.74. The molecule has 1 rings (SSSR count). The summed E-state index contributed by atoms with van der Waals surface area (Å²) < 4.78 is 10.1. The summed E-state index contributed by atoms with van der Waals surface area (Å²) in [5.74, 6) is -0.753. The Morgan fingerprint density at radius 1 is 1.17 bits per heavy atom. The Hall–Kier alpha value is -1.58. The standard InChI is InChI=1S/C16H24O8/c1-9(6-7-17)4-3-5-10(2)15(22)24-16-14(21)13(20)12(19)11(8-18)23-16/h5-7,11-14,16,18-21H,3-4,8H2,1-2H3/b9-6-,10-5+/t11-,12-,13+,14-,16+/m1/s1. The number of ether oxygens (including phenoxy) is 2. The molecule has 0 radical (unpaired) electrons. The van der Waals surface area contributed by atoms with Crippen LogP contribution in [0.25, 0.3) is 0 Å². The molecule has 0 amide bonds. The zero-order valence-electron chi connectivity index (χ0n) is 13.7. The van der Waals surface area contributed by atoms with E-state index in [4.69, 9.17) is 14.6 Å². The van der Waals surface area contributed by atoms with Crippen molar-refractivity contribution in [1.29, 1.82) is 0 Å². The van der Waals surface area contributed by atoms with Crippen LogP contribution < -0.4 is 0 Å². The Morgan fingerprint density at radius 3 is 2.42 bits per heavy atom. The van der Waals surface area contributed by atoms with Crippen LogP contribution in [0.4, 0.5) is 0 Å². The fourth-order valence-electron chi connectivity index (χ4n) is 2.16. The van der Waals surface area contributed by atoms with E-state index in [0.29, 0.717) is 19.1 Å². The van der Waals surface area contributed by atoms with E-state index in [1.807, 2.05) is 0 Å². The van der Waals surface area contributed by atoms with E-state index in [1.165, 1.54) is 13.0 Å². The summed E-state index contributed by atoms with van der Waals surface area (Å²) >= 11 is 0. The number of aldehydes is 1. The van der Waals surface area contributed by atoms with E-state index in [0.717, 1.165) is 5.57 Å². The van der Waals surface area contributed by atoms with Crippen LogP contribution in [-0.4, -0.2) is 70.0 Å². The van der Waals surface area contributed by atoms with Gasteiger partial charge in [-0.05, 0) is 32.8 Å². The molecule has 8 heteroatoms. The molecule has 0 aromatic heterocycles. The average Bonchev–Trinajstić information content (AvgIpc) is 2.55. The Morgan fingerprint density at radius 2 is 1.83 bits per heavy atom. The Bertz CT molecular complexity index is 496. The van der Waals surface area contributed by atoms with Crippen LogP contribution in [-0.2, 0) is 19.1 Å². The van der Waals surface area contributed by atoms with Crippen LogP contribution in [0.5, 0.6) is 0 Å². The van der Waals surface area contributed by atoms with Crippen molar-refractivity contribution in [3.63, 3.8) is 0 Å². The minimum absolute atomic E-state index is 0.269. The summed E-state index contributed by atoms with van der Waals surface area (Å²) in [5.41, 5.74) is 1.14. The molecule has 0 aromatic rings. The number of allylic oxidation sites excluding steroid dienone is 3. The minimum atomic E-state index is -1.63. The molecular weight excluding hydrogens is 320 g/mol. The van der Waals surface area contributed by atoms with Crippen molar-refractivity contribution in [1.82, 2.24) is 0 Å². The molecule has 0 saturated carbocycles. The number of esters is 1. The topological polar surface area (TPSA) is 134 Å². The highest BCUT2D eigenvalue weighted by Gasteiger charge is 2.45. The van der Waals surface area contributed by atoms with E-state index >= 15 is 0 Å². The molecule has 1 heterocycles. The molecule has 4 N–H and O–H groups in total. The third-order valence-corrected chi connectivity index (χ3v) is 3.74. The second-order valence-electron chi connectivity index (χ2n) is 5.68. The van der Waals surface area contributed by atoms with Crippen LogP contribution in [0.1, 0.15) is 26.7 Å². The maximum absolute atomic E-state index is 12.0. The molecule has 0 unspecified atom stereocenters. The van der Waals surface area contributed by atoms with Gasteiger partial charge in [0.05, 0.1) is 6.61 Å². The molecule has 0 bridgehead atoms. The average molecular weight is 344 g/mol. The highest BCUT2D eigenvalue weighted by Crippen LogP contribution is 2.22. The van der Waals surface area contributed by atoms with Gasteiger partial charge in [0.1, 0.15) is 30.7 Å². The lowest BCUT2D eigenvalue weighted by molar-refractivity contribution is -0.291. The highest BCUT2D eigenvalue weighted by atomic mass is 16.7. The molecule has 1 fully saturated rings. The highest BCUT2D eigenvalue weighted by molar-refractivity contribution is 5.87. The Kier molecular flexibility index (Phi) is 8.23. The predicted octanol–water partition coefficient (Wildman–Crippen LogP) is -0.799. The maximum atomic E-state index is 12.0. The van der Waals surface area contributed by atoms with Gasteiger partial charge in [-0.2, -0.15) is 0 Å². The molecule has 24 heavy (non-hydrogen) atoms. The van der Waals surface area contributed by atoms with Gasteiger partial charge in [0.25, 0.3) is 0 Å². The molecule has 0 aromatic carbocycles. The fraction of sp³-hybridized carbons (Fsp3) is 0.625. The van der Waals surface area contributed by atoms with Gasteiger partial charge in [-0.1, -0.05) is 11.6 Å². The molecule has 1 aliphatic rings. The predicted molar refractivity (Wildman–Crippen MR) is 82.7 cm³/mol. The van der Waals surface area contributed by atoms with E-state index in [9.17, 15) is 24.9 Å². The van der Waals surface area contributed by atoms with Crippen molar-refractivity contribution in [2.45, 2.75) is 57.4 Å². The second kappa shape index (κ2) is 9.65. The molecule has 0 aliphatic carbocycles. The van der Waals surface area contributed by atoms with Crippen molar-refractivity contribution in [3.8, 4) is 0 Å². The summed E-state index contributed by atoms with van der Waals surface area (Å²) in [5, 5.41) is 38.2. The van der Waals surface area contributed by atoms with Gasteiger partial charge in [0.15, 0.2) is 0 Å². The van der Waals surface area contributed by atoms with E-state index in [1.54, 1.807) is 13.0 Å². The summed E-state index contributed by atoms with van der Waals surface area (Å²) in [4.78, 5) is 22.3. The van der Waals surface area contributed by atoms with E-state index < -0.39 is 43.3 Å². The van der Waals surface area contributed by atoms with E-state index in [-0.39, 0.29) is 5.57 Å². The number of rotatable bonds is 7. The first-order valence-electron chi connectivity index (χ1n) is 7.61. The number of aliphatic hydroxyl groups excluding tert-OH is 4. The normalized spacial score (nSPS) is 31.7. The van der Waals surface area contributed by atoms with Crippen molar-refractivity contribution < 1.29 is 39.5 Å². The number of hydrogen-bond donors (Lipinski definition) is 4. The summed E-state index contributed by atoms with van der Waals surface area (Å²) in [7, 11) is 0. The minimum Gasteiger partial charge on any atom is -0.429 e. The van der Waals surface area contributed by atoms with Crippen molar-refractivity contribution in [2.24, 2.45) is 0 Å². The number of carbonyl (C=O) groups excluding carboxylic acids is 2. The Labute approximate surface area is 140 Å². The fourth-order valence-corrected chi connectivity index (χ4v) is 2.16. The monoisotopic (exact) mass is 344 g/mol. The van der Waals surface area contributed by atoms with Crippen LogP contribution in [0.3, 0.4) is 0 Å². The van der Waals surface area contributed by atoms with Crippen molar-refractivity contribution >= 4 is 12.3 Å². The molecule has 1 aliphatic heterocycles. The van der Waals surface area contributed by atoms with Crippen molar-refractivity contribution in [3.05, 3.63) is 23.3 Å². The van der Waals surface area contributed by atoms with Crippen LogP contribution in [0.2, 0.25) is 0 Å². The van der Waals surface area contributed by atoms with Gasteiger partial charge in [0, 0.05) is 5.57 Å². The summed E-state index contributed by atoms with van der Waals surface area (Å²) in [6.45, 7) is 2.71. The van der Waals surface area contributed by atoms with Gasteiger partial charge in [-0.15, -0.1) is 0 Å². The van der Waals surface area contributed by atoms with Gasteiger partial charge in [-0.3, -0.25) is 4.79 Å². The van der Waals surface area contributed by atoms with Crippen LogP contribution >= 0.6 is 0 Å². The first-order valence-corrected chi connectivity index (χ1v) is 7.61. The zero-order valence-corrected chi connectivity index (χ0v) is 13.7. The van der Waals surface area contributed by atoms with Gasteiger partial charge >= 0.3 is 5.97 Å². The lowest BCUT2D eigenvalue weighted by Gasteiger charge is -2.39. The molecular formula is C16H24O8. The second-order valence-corrected chi connectivity index (χ2v) is 5.68. The van der Waals surface area contributed by atoms with Crippen molar-refractivity contribution in [2.75, 3.05) is 6.61 Å². The quantitative estimate of drug-likeness (QED) is 0.268. The summed E-state index contributed by atoms with van der Waals surface area (Å²) in [6, 6.07) is 0. The number of carbonyl (C=O) groups is 2. The molecule has 0 spiro atoms. The third kappa shape index (κ3) is 5.50. The van der Waals surface area contributed by atoms with Gasteiger partial charge in [0.2, 0.25) is 6.29 Å². The van der Waals surface area contributed by atoms with E-state index in [2.05, 4.69) is 0 Å². The lowest BCUT2D eigenvalue weighted by atomic mass is 9.99. The number of hydrogen-bond acceptors (Lipinski definition) is 8. The van der Waals surface area contributed by atoms with Gasteiger partial charge < -0.3 is 29.9 Å². The molecule has 5 atom stereocenters. The number of aliphatic hydroxyl groups is 4. The largest absolute Gasteiger partial charge is 0.429 e. The maximum Gasteiger partial charge on any atom is 0.335 e. The van der Waals surface area contributed by atoms with Gasteiger partial charge in [-0.25, -0.2) is 4.79 Å². The lowest BCUT2D eigenvalue weighted by Crippen LogP contribution is -2.59. The first kappa shape index (κ1) is 20.5. The Balaban J connectivity index is 2.62. The molecule has 8 nitrogen and oxygen atoms in total. The SMILES string of the molecule is C/C(=C/C=O)CC/C=C(\C)C(=O)O[C@@H]1O[C@H](CO)[C@@H](O)[C@H](O)[C@H]1O. The van der Waals surface area contributed by atoms with Crippen LogP contribution in [0.15, 0.2) is 23.3 Å².